The molecule has 3 N–H and O–H groups in total. The third-order valence-electron chi connectivity index (χ3n) is 2.03. The van der Waals surface area contributed by atoms with Crippen LogP contribution in [0, 0.1) is 5.41 Å². The van der Waals surface area contributed by atoms with E-state index in [9.17, 15) is 13.6 Å². The number of ether oxygens (including phenoxy) is 1. The fraction of sp³-hybridized carbons (Fsp3) is 0.900. The van der Waals surface area contributed by atoms with Crippen LogP contribution >= 0.6 is 0 Å². The molecule has 0 atom stereocenters. The number of halogens is 2. The minimum Gasteiger partial charge on any atom is -0.375 e. The molecule has 6 heteroatoms. The van der Waals surface area contributed by atoms with Gasteiger partial charge < -0.3 is 15.8 Å². The van der Waals surface area contributed by atoms with Gasteiger partial charge in [0.1, 0.15) is 6.61 Å². The molecule has 0 aromatic heterocycles. The molecule has 16 heavy (non-hydrogen) atoms. The van der Waals surface area contributed by atoms with Gasteiger partial charge in [0.25, 0.3) is 6.43 Å². The van der Waals surface area contributed by atoms with Gasteiger partial charge >= 0.3 is 0 Å². The van der Waals surface area contributed by atoms with Crippen molar-refractivity contribution in [1.29, 1.82) is 0 Å². The second-order valence-electron chi connectivity index (χ2n) is 4.36. The van der Waals surface area contributed by atoms with Crippen LogP contribution in [-0.2, 0) is 9.53 Å². The molecule has 96 valence electrons. The van der Waals surface area contributed by atoms with E-state index in [2.05, 4.69) is 10.1 Å². The van der Waals surface area contributed by atoms with E-state index >= 15 is 0 Å². The van der Waals surface area contributed by atoms with Crippen molar-refractivity contribution >= 4 is 5.91 Å². The number of carbonyl (C=O) groups is 1. The van der Waals surface area contributed by atoms with Crippen molar-refractivity contribution < 1.29 is 18.3 Å². The number of rotatable bonds is 8. The van der Waals surface area contributed by atoms with Crippen molar-refractivity contribution in [3.63, 3.8) is 0 Å². The van der Waals surface area contributed by atoms with Gasteiger partial charge in [0.15, 0.2) is 0 Å². The van der Waals surface area contributed by atoms with Crippen LogP contribution in [0.15, 0.2) is 0 Å². The lowest BCUT2D eigenvalue weighted by molar-refractivity contribution is -0.123. The third-order valence-corrected chi connectivity index (χ3v) is 2.03. The number of nitrogens with one attached hydrogen (secondary N) is 1. The van der Waals surface area contributed by atoms with Crippen molar-refractivity contribution in [2.24, 2.45) is 11.1 Å². The summed E-state index contributed by atoms with van der Waals surface area (Å²) in [5, 5.41) is 2.68. The number of nitrogens with two attached hydrogens (primary N) is 1. The monoisotopic (exact) mass is 238 g/mol. The van der Waals surface area contributed by atoms with Gasteiger partial charge in [-0.05, 0) is 12.0 Å². The maximum atomic E-state index is 11.7. The van der Waals surface area contributed by atoms with E-state index in [1.54, 1.807) is 0 Å². The van der Waals surface area contributed by atoms with Crippen molar-refractivity contribution in [3.05, 3.63) is 0 Å². The van der Waals surface area contributed by atoms with E-state index in [4.69, 9.17) is 5.73 Å². The number of carbonyl (C=O) groups excluding carboxylic acids is 1. The summed E-state index contributed by atoms with van der Waals surface area (Å²) >= 11 is 0. The van der Waals surface area contributed by atoms with Gasteiger partial charge in [-0.2, -0.15) is 0 Å². The second kappa shape index (κ2) is 7.51. The Balaban J connectivity index is 3.52. The standard InChI is InChI=1S/C10H20F2N2O2/c1-10(2,6-13)7-14-9(15)3-4-16-5-8(11)12/h8H,3-7,13H2,1-2H3,(H,14,15). The zero-order chi connectivity index (χ0) is 12.6. The molecule has 0 spiro atoms. The highest BCUT2D eigenvalue weighted by Crippen LogP contribution is 2.09. The molecular formula is C10H20F2N2O2. The normalized spacial score (nSPS) is 11.9. The highest BCUT2D eigenvalue weighted by molar-refractivity contribution is 5.75. The van der Waals surface area contributed by atoms with Crippen LogP contribution in [0.25, 0.3) is 0 Å². The molecule has 0 saturated carbocycles. The molecule has 0 fully saturated rings. The predicted octanol–water partition coefficient (Wildman–Crippen LogP) is 0.759. The highest BCUT2D eigenvalue weighted by Gasteiger charge is 2.16. The molecule has 0 aromatic carbocycles. The lowest BCUT2D eigenvalue weighted by Gasteiger charge is -2.22. The maximum absolute atomic E-state index is 11.7. The molecule has 4 nitrogen and oxygen atoms in total. The zero-order valence-electron chi connectivity index (χ0n) is 9.76. The zero-order valence-corrected chi connectivity index (χ0v) is 9.76. The first-order valence-electron chi connectivity index (χ1n) is 5.20. The first kappa shape index (κ1) is 15.2. The molecule has 0 radical (unpaired) electrons. The van der Waals surface area contributed by atoms with E-state index in [0.29, 0.717) is 13.1 Å². The summed E-state index contributed by atoms with van der Waals surface area (Å²) in [7, 11) is 0. The number of hydrogen-bond acceptors (Lipinski definition) is 3. The Kier molecular flexibility index (Phi) is 7.16. The van der Waals surface area contributed by atoms with Crippen molar-refractivity contribution in [2.45, 2.75) is 26.7 Å². The summed E-state index contributed by atoms with van der Waals surface area (Å²) in [6.07, 6.45) is -2.40. The Labute approximate surface area is 94.5 Å². The quantitative estimate of drug-likeness (QED) is 0.614. The van der Waals surface area contributed by atoms with Crippen LogP contribution in [0.5, 0.6) is 0 Å². The van der Waals surface area contributed by atoms with E-state index in [0.717, 1.165) is 0 Å². The first-order chi connectivity index (χ1) is 7.37. The SMILES string of the molecule is CC(C)(CN)CNC(=O)CCOCC(F)F. The number of hydrogen-bond donors (Lipinski definition) is 2. The summed E-state index contributed by atoms with van der Waals surface area (Å²) in [6, 6.07) is 0. The Hall–Kier alpha value is -0.750. The minimum atomic E-state index is -2.49. The molecule has 0 unspecified atom stereocenters. The fourth-order valence-corrected chi connectivity index (χ4v) is 0.836. The van der Waals surface area contributed by atoms with E-state index in [1.807, 2.05) is 13.8 Å². The smallest absolute Gasteiger partial charge is 0.261 e. The van der Waals surface area contributed by atoms with Crippen molar-refractivity contribution in [3.8, 4) is 0 Å². The third kappa shape index (κ3) is 8.55. The van der Waals surface area contributed by atoms with Gasteiger partial charge in [0, 0.05) is 13.0 Å². The maximum Gasteiger partial charge on any atom is 0.261 e. The molecule has 0 heterocycles. The van der Waals surface area contributed by atoms with Crippen molar-refractivity contribution in [1.82, 2.24) is 5.32 Å². The first-order valence-corrected chi connectivity index (χ1v) is 5.20. The van der Waals surface area contributed by atoms with Crippen LogP contribution in [0.4, 0.5) is 8.78 Å². The van der Waals surface area contributed by atoms with Gasteiger partial charge in [-0.1, -0.05) is 13.8 Å². The average molecular weight is 238 g/mol. The Morgan fingerprint density at radius 3 is 2.62 bits per heavy atom. The van der Waals surface area contributed by atoms with Crippen LogP contribution in [0.1, 0.15) is 20.3 Å². The van der Waals surface area contributed by atoms with Gasteiger partial charge in [-0.25, -0.2) is 8.78 Å². The number of alkyl halides is 2. The van der Waals surface area contributed by atoms with Crippen LogP contribution in [-0.4, -0.2) is 38.6 Å². The second-order valence-corrected chi connectivity index (χ2v) is 4.36. The molecule has 0 rings (SSSR count). The molecule has 0 aromatic rings. The Bertz CT molecular complexity index is 211. The minimum absolute atomic E-state index is 0.0131. The van der Waals surface area contributed by atoms with Gasteiger partial charge in [0.05, 0.1) is 6.61 Å². The average Bonchev–Trinajstić information content (AvgIpc) is 2.21. The summed E-state index contributed by atoms with van der Waals surface area (Å²) in [6.45, 7) is 4.19. The van der Waals surface area contributed by atoms with E-state index in [-0.39, 0.29) is 24.3 Å². The summed E-state index contributed by atoms with van der Waals surface area (Å²) in [5.74, 6) is -0.212. The van der Waals surface area contributed by atoms with Crippen LogP contribution < -0.4 is 11.1 Å². The molecular weight excluding hydrogens is 218 g/mol. The van der Waals surface area contributed by atoms with E-state index < -0.39 is 13.0 Å². The molecule has 0 aliphatic rings. The molecule has 1 amide bonds. The molecule has 0 aliphatic carbocycles. The van der Waals surface area contributed by atoms with Gasteiger partial charge in [0.2, 0.25) is 5.91 Å². The summed E-state index contributed by atoms with van der Waals surface area (Å²) in [5.41, 5.74) is 5.33. The lowest BCUT2D eigenvalue weighted by Crippen LogP contribution is -2.38. The van der Waals surface area contributed by atoms with E-state index in [1.165, 1.54) is 0 Å². The Morgan fingerprint density at radius 2 is 2.12 bits per heavy atom. The van der Waals surface area contributed by atoms with Gasteiger partial charge in [-0.3, -0.25) is 4.79 Å². The fourth-order valence-electron chi connectivity index (χ4n) is 0.836. The van der Waals surface area contributed by atoms with Gasteiger partial charge in [-0.15, -0.1) is 0 Å². The molecule has 0 aliphatic heterocycles. The Morgan fingerprint density at radius 1 is 1.50 bits per heavy atom. The molecule has 0 bridgehead atoms. The number of amides is 1. The lowest BCUT2D eigenvalue weighted by atomic mass is 9.94. The summed E-state index contributed by atoms with van der Waals surface area (Å²) < 4.78 is 27.9. The van der Waals surface area contributed by atoms with Crippen LogP contribution in [0.2, 0.25) is 0 Å². The highest BCUT2D eigenvalue weighted by atomic mass is 19.3. The molecule has 0 saturated heterocycles. The topological polar surface area (TPSA) is 64.3 Å². The summed E-state index contributed by atoms with van der Waals surface area (Å²) in [4.78, 5) is 11.2. The van der Waals surface area contributed by atoms with Crippen molar-refractivity contribution in [2.75, 3.05) is 26.3 Å². The van der Waals surface area contributed by atoms with Crippen LogP contribution in [0.3, 0.4) is 0 Å². The largest absolute Gasteiger partial charge is 0.375 e. The predicted molar refractivity (Wildman–Crippen MR) is 57.3 cm³/mol.